The topological polar surface area (TPSA) is 65.7 Å². The molecule has 25 heavy (non-hydrogen) atoms. The van der Waals surface area contributed by atoms with Crippen LogP contribution in [0, 0.1) is 6.92 Å². The van der Waals surface area contributed by atoms with Crippen molar-refractivity contribution in [2.45, 2.75) is 19.3 Å². The number of methoxy groups -OCH3 is 1. The standard InChI is InChI=1S/C20H16O5/c1-11-9-17(21)25-20-12(11)7-8-16-19(20)14(10-18(22)24-16)13-5-3-4-6-15(13)23-2/h3-9,14H,10H2,1-2H3/t14-/m0/s1. The Bertz CT molecular complexity index is 1050. The third kappa shape index (κ3) is 2.48. The molecule has 1 aromatic heterocycles. The summed E-state index contributed by atoms with van der Waals surface area (Å²) in [6, 6.07) is 12.6. The summed E-state index contributed by atoms with van der Waals surface area (Å²) in [7, 11) is 1.59. The minimum absolute atomic E-state index is 0.157. The highest BCUT2D eigenvalue weighted by Crippen LogP contribution is 2.45. The average Bonchev–Trinajstić information content (AvgIpc) is 2.60. The van der Waals surface area contributed by atoms with Crippen LogP contribution in [0.15, 0.2) is 51.7 Å². The molecule has 0 fully saturated rings. The zero-order valence-electron chi connectivity index (χ0n) is 13.9. The van der Waals surface area contributed by atoms with Gasteiger partial charge in [0.1, 0.15) is 17.1 Å². The zero-order chi connectivity index (χ0) is 17.6. The van der Waals surface area contributed by atoms with Crippen LogP contribution in [0.25, 0.3) is 11.0 Å². The predicted octanol–water partition coefficient (Wildman–Crippen LogP) is 3.55. The highest BCUT2D eigenvalue weighted by atomic mass is 16.5. The molecule has 0 radical (unpaired) electrons. The van der Waals surface area contributed by atoms with Crippen LogP contribution in [0.3, 0.4) is 0 Å². The van der Waals surface area contributed by atoms with Gasteiger partial charge in [-0.3, -0.25) is 4.79 Å². The van der Waals surface area contributed by atoms with E-state index in [1.807, 2.05) is 37.3 Å². The molecule has 1 atom stereocenters. The zero-order valence-corrected chi connectivity index (χ0v) is 13.9. The van der Waals surface area contributed by atoms with E-state index in [1.165, 1.54) is 6.07 Å². The molecule has 2 heterocycles. The molecule has 0 N–H and O–H groups in total. The van der Waals surface area contributed by atoms with Gasteiger partial charge in [-0.05, 0) is 30.7 Å². The Hall–Kier alpha value is -3.08. The Labute approximate surface area is 143 Å². The predicted molar refractivity (Wildman–Crippen MR) is 92.3 cm³/mol. The fourth-order valence-corrected chi connectivity index (χ4v) is 3.46. The van der Waals surface area contributed by atoms with Gasteiger partial charge in [-0.25, -0.2) is 4.79 Å². The molecule has 0 unspecified atom stereocenters. The summed E-state index contributed by atoms with van der Waals surface area (Å²) in [6.45, 7) is 1.86. The van der Waals surface area contributed by atoms with Crippen LogP contribution in [0.4, 0.5) is 0 Å². The molecular weight excluding hydrogens is 320 g/mol. The average molecular weight is 336 g/mol. The molecule has 1 aliphatic heterocycles. The first-order chi connectivity index (χ1) is 12.1. The van der Waals surface area contributed by atoms with Gasteiger partial charge in [0.2, 0.25) is 0 Å². The highest BCUT2D eigenvalue weighted by Gasteiger charge is 2.33. The first-order valence-electron chi connectivity index (χ1n) is 7.99. The lowest BCUT2D eigenvalue weighted by atomic mass is 9.84. The summed E-state index contributed by atoms with van der Waals surface area (Å²) in [5, 5.41) is 0.830. The Morgan fingerprint density at radius 3 is 2.72 bits per heavy atom. The molecule has 0 amide bonds. The SMILES string of the molecule is COc1ccccc1[C@@H]1CC(=O)Oc2ccc3c(C)cc(=O)oc3c21. The summed E-state index contributed by atoms with van der Waals surface area (Å²) in [6.07, 6.45) is 0.157. The van der Waals surface area contributed by atoms with Crippen molar-refractivity contribution in [3.05, 3.63) is 69.6 Å². The van der Waals surface area contributed by atoms with Crippen LogP contribution < -0.4 is 15.1 Å². The van der Waals surface area contributed by atoms with Crippen molar-refractivity contribution in [1.29, 1.82) is 0 Å². The van der Waals surface area contributed by atoms with E-state index in [1.54, 1.807) is 13.2 Å². The van der Waals surface area contributed by atoms with Crippen molar-refractivity contribution in [1.82, 2.24) is 0 Å². The van der Waals surface area contributed by atoms with E-state index < -0.39 is 5.63 Å². The Morgan fingerprint density at radius 1 is 1.12 bits per heavy atom. The summed E-state index contributed by atoms with van der Waals surface area (Å²) < 4.78 is 16.4. The molecule has 0 spiro atoms. The first kappa shape index (κ1) is 15.4. The summed E-state index contributed by atoms with van der Waals surface area (Å²) in [5.41, 5.74) is 2.44. The minimum atomic E-state index is -0.422. The maximum atomic E-state index is 12.1. The van der Waals surface area contributed by atoms with E-state index in [-0.39, 0.29) is 18.3 Å². The van der Waals surface area contributed by atoms with Gasteiger partial charge in [-0.1, -0.05) is 18.2 Å². The van der Waals surface area contributed by atoms with Crippen molar-refractivity contribution in [2.75, 3.05) is 7.11 Å². The van der Waals surface area contributed by atoms with E-state index in [0.29, 0.717) is 22.6 Å². The Balaban J connectivity index is 2.06. The van der Waals surface area contributed by atoms with Crippen molar-refractivity contribution in [3.63, 3.8) is 0 Å². The minimum Gasteiger partial charge on any atom is -0.496 e. The number of rotatable bonds is 2. The Morgan fingerprint density at radius 2 is 1.92 bits per heavy atom. The fourth-order valence-electron chi connectivity index (χ4n) is 3.46. The maximum Gasteiger partial charge on any atom is 0.336 e. The number of benzene rings is 2. The van der Waals surface area contributed by atoms with Gasteiger partial charge >= 0.3 is 11.6 Å². The third-order valence-corrected chi connectivity index (χ3v) is 4.58. The van der Waals surface area contributed by atoms with Crippen molar-refractivity contribution >= 4 is 16.9 Å². The number of esters is 1. The van der Waals surface area contributed by atoms with E-state index in [0.717, 1.165) is 16.5 Å². The molecular formula is C20H16O5. The highest BCUT2D eigenvalue weighted by molar-refractivity contribution is 5.90. The number of carbonyl (C=O) groups excluding carboxylic acids is 1. The lowest BCUT2D eigenvalue weighted by molar-refractivity contribution is -0.135. The normalized spacial score (nSPS) is 16.4. The molecule has 3 aromatic rings. The molecule has 2 aromatic carbocycles. The molecule has 126 valence electrons. The second-order valence-electron chi connectivity index (χ2n) is 6.08. The lowest BCUT2D eigenvalue weighted by Gasteiger charge is -2.26. The summed E-state index contributed by atoms with van der Waals surface area (Å²) in [5.74, 6) is 0.479. The molecule has 5 nitrogen and oxygen atoms in total. The number of ether oxygens (including phenoxy) is 2. The summed E-state index contributed by atoms with van der Waals surface area (Å²) >= 11 is 0. The van der Waals surface area contributed by atoms with Crippen molar-refractivity contribution < 1.29 is 18.7 Å². The maximum absolute atomic E-state index is 12.1. The number of hydrogen-bond acceptors (Lipinski definition) is 5. The quantitative estimate of drug-likeness (QED) is 0.407. The number of para-hydroxylation sites is 1. The van der Waals surface area contributed by atoms with Gasteiger partial charge in [0.15, 0.2) is 0 Å². The second kappa shape index (κ2) is 5.77. The molecule has 1 aliphatic rings. The van der Waals surface area contributed by atoms with Crippen LogP contribution in [0.2, 0.25) is 0 Å². The summed E-state index contributed by atoms with van der Waals surface area (Å²) in [4.78, 5) is 24.0. The molecule has 0 saturated carbocycles. The monoisotopic (exact) mass is 336 g/mol. The van der Waals surface area contributed by atoms with E-state index >= 15 is 0 Å². The number of hydrogen-bond donors (Lipinski definition) is 0. The van der Waals surface area contributed by atoms with Crippen LogP contribution in [-0.2, 0) is 4.79 Å². The van der Waals surface area contributed by atoms with E-state index in [9.17, 15) is 9.59 Å². The van der Waals surface area contributed by atoms with Gasteiger partial charge in [-0.15, -0.1) is 0 Å². The van der Waals surface area contributed by atoms with Gasteiger partial charge in [0.05, 0.1) is 13.5 Å². The van der Waals surface area contributed by atoms with Crippen LogP contribution in [-0.4, -0.2) is 13.1 Å². The molecule has 0 saturated heterocycles. The van der Waals surface area contributed by atoms with Crippen LogP contribution >= 0.6 is 0 Å². The molecule has 0 bridgehead atoms. The van der Waals surface area contributed by atoms with E-state index in [2.05, 4.69) is 0 Å². The third-order valence-electron chi connectivity index (χ3n) is 4.58. The van der Waals surface area contributed by atoms with Gasteiger partial charge < -0.3 is 13.9 Å². The smallest absolute Gasteiger partial charge is 0.336 e. The number of fused-ring (bicyclic) bond motifs is 3. The molecule has 5 heteroatoms. The van der Waals surface area contributed by atoms with Gasteiger partial charge in [0, 0.05) is 28.5 Å². The largest absolute Gasteiger partial charge is 0.496 e. The van der Waals surface area contributed by atoms with Crippen molar-refractivity contribution in [3.8, 4) is 11.5 Å². The number of aryl methyl sites for hydroxylation is 1. The van der Waals surface area contributed by atoms with Gasteiger partial charge in [0.25, 0.3) is 0 Å². The lowest BCUT2D eigenvalue weighted by Crippen LogP contribution is -2.22. The van der Waals surface area contributed by atoms with Crippen LogP contribution in [0.1, 0.15) is 29.0 Å². The van der Waals surface area contributed by atoms with Crippen molar-refractivity contribution in [2.24, 2.45) is 0 Å². The number of carbonyl (C=O) groups is 1. The first-order valence-corrected chi connectivity index (χ1v) is 7.99. The van der Waals surface area contributed by atoms with Crippen LogP contribution in [0.5, 0.6) is 11.5 Å². The molecule has 4 rings (SSSR count). The van der Waals surface area contributed by atoms with Gasteiger partial charge in [-0.2, -0.15) is 0 Å². The van der Waals surface area contributed by atoms with E-state index in [4.69, 9.17) is 13.9 Å². The molecule has 0 aliphatic carbocycles. The Kier molecular flexibility index (Phi) is 3.57. The second-order valence-corrected chi connectivity index (χ2v) is 6.08. The fraction of sp³-hybridized carbons (Fsp3) is 0.200.